The molecule has 7 heteroatoms. The number of thioether (sulfide) groups is 1. The van der Waals surface area contributed by atoms with Gasteiger partial charge in [0.25, 0.3) is 5.91 Å². The highest BCUT2D eigenvalue weighted by atomic mass is 32.2. The van der Waals surface area contributed by atoms with Gasteiger partial charge in [-0.1, -0.05) is 23.5 Å². The minimum Gasteiger partial charge on any atom is -0.494 e. The predicted octanol–water partition coefficient (Wildman–Crippen LogP) is 4.53. The Hall–Kier alpha value is -2.09. The molecule has 3 rings (SSSR count). The molecule has 0 atom stereocenters. The zero-order valence-corrected chi connectivity index (χ0v) is 18.6. The normalized spacial score (nSPS) is 11.9. The molecule has 0 unspecified atom stereocenters. The first kappa shape index (κ1) is 21.6. The van der Waals surface area contributed by atoms with Crippen molar-refractivity contribution in [2.75, 3.05) is 26.1 Å². The second-order valence-corrected chi connectivity index (χ2v) is 8.21. The zero-order valence-electron chi connectivity index (χ0n) is 17.0. The first-order valence-corrected chi connectivity index (χ1v) is 11.7. The van der Waals surface area contributed by atoms with Gasteiger partial charge in [0, 0.05) is 18.0 Å². The Morgan fingerprint density at radius 3 is 2.62 bits per heavy atom. The van der Waals surface area contributed by atoms with E-state index in [1.54, 1.807) is 23.1 Å². The molecular formula is C22H26N2O3S2. The summed E-state index contributed by atoms with van der Waals surface area (Å²) in [4.78, 5) is 19.0. The van der Waals surface area contributed by atoms with E-state index < -0.39 is 0 Å². The van der Waals surface area contributed by atoms with E-state index in [4.69, 9.17) is 9.47 Å². The number of fused-ring (bicyclic) bond motifs is 1. The van der Waals surface area contributed by atoms with Crippen molar-refractivity contribution in [2.45, 2.75) is 31.7 Å². The molecule has 0 bridgehead atoms. The van der Waals surface area contributed by atoms with Crippen LogP contribution in [-0.4, -0.2) is 36.6 Å². The Labute approximate surface area is 179 Å². The highest BCUT2D eigenvalue weighted by Gasteiger charge is 2.10. The van der Waals surface area contributed by atoms with Gasteiger partial charge in [0.15, 0.2) is 4.80 Å². The molecule has 0 aliphatic rings. The fourth-order valence-corrected chi connectivity index (χ4v) is 4.60. The monoisotopic (exact) mass is 430 g/mol. The topological polar surface area (TPSA) is 52.8 Å². The molecule has 5 nitrogen and oxygen atoms in total. The molecule has 0 aliphatic heterocycles. The molecule has 3 aromatic rings. The molecule has 0 aliphatic carbocycles. The van der Waals surface area contributed by atoms with E-state index in [2.05, 4.69) is 34.0 Å². The summed E-state index contributed by atoms with van der Waals surface area (Å²) < 4.78 is 14.2. The van der Waals surface area contributed by atoms with Crippen molar-refractivity contribution in [3.8, 4) is 5.75 Å². The Balaban J connectivity index is 1.87. The van der Waals surface area contributed by atoms with Crippen LogP contribution in [0.15, 0.2) is 52.4 Å². The summed E-state index contributed by atoms with van der Waals surface area (Å²) >= 11 is 3.25. The fourth-order valence-electron chi connectivity index (χ4n) is 2.97. The van der Waals surface area contributed by atoms with Crippen molar-refractivity contribution in [3.63, 3.8) is 0 Å². The van der Waals surface area contributed by atoms with Gasteiger partial charge < -0.3 is 14.0 Å². The molecule has 1 heterocycles. The fraction of sp³-hybridized carbons (Fsp3) is 0.364. The Bertz CT molecular complexity index is 1020. The van der Waals surface area contributed by atoms with E-state index in [0.717, 1.165) is 21.5 Å². The van der Waals surface area contributed by atoms with Crippen LogP contribution in [0, 0.1) is 0 Å². The molecule has 29 heavy (non-hydrogen) atoms. The molecule has 0 N–H and O–H groups in total. The third-order valence-electron chi connectivity index (χ3n) is 4.36. The van der Waals surface area contributed by atoms with E-state index in [1.807, 2.05) is 38.1 Å². The van der Waals surface area contributed by atoms with Crippen LogP contribution in [0.2, 0.25) is 0 Å². The molecular weight excluding hydrogens is 404 g/mol. The lowest BCUT2D eigenvalue weighted by molar-refractivity contribution is -0.117. The number of nitrogens with zero attached hydrogens (tertiary/aromatic N) is 2. The van der Waals surface area contributed by atoms with E-state index in [9.17, 15) is 4.79 Å². The Morgan fingerprint density at radius 2 is 1.93 bits per heavy atom. The van der Waals surface area contributed by atoms with E-state index in [0.29, 0.717) is 31.2 Å². The maximum absolute atomic E-state index is 12.6. The summed E-state index contributed by atoms with van der Waals surface area (Å²) in [7, 11) is 0. The van der Waals surface area contributed by atoms with Crippen LogP contribution in [-0.2, 0) is 22.5 Å². The van der Waals surface area contributed by atoms with Gasteiger partial charge in [-0.05, 0) is 56.0 Å². The highest BCUT2D eigenvalue weighted by molar-refractivity contribution is 7.98. The van der Waals surface area contributed by atoms with Gasteiger partial charge in [0.2, 0.25) is 0 Å². The van der Waals surface area contributed by atoms with Crippen molar-refractivity contribution >= 4 is 39.2 Å². The SMILES string of the molecule is CCOCCn1c(=NC(=O)Cc2ccc(OCC)cc2)sc2cc(SC)ccc21. The van der Waals surface area contributed by atoms with Crippen LogP contribution >= 0.6 is 23.1 Å². The number of benzene rings is 2. The van der Waals surface area contributed by atoms with Crippen LogP contribution < -0.4 is 9.54 Å². The van der Waals surface area contributed by atoms with Crippen LogP contribution in [0.4, 0.5) is 0 Å². The lowest BCUT2D eigenvalue weighted by atomic mass is 10.1. The molecule has 1 amide bonds. The second kappa shape index (κ2) is 10.6. The molecule has 0 fully saturated rings. The van der Waals surface area contributed by atoms with E-state index in [1.165, 1.54) is 4.90 Å². The molecule has 154 valence electrons. The molecule has 0 saturated carbocycles. The van der Waals surface area contributed by atoms with Crippen molar-refractivity contribution in [1.82, 2.24) is 4.57 Å². The van der Waals surface area contributed by atoms with Crippen molar-refractivity contribution in [3.05, 3.63) is 52.8 Å². The minimum atomic E-state index is -0.157. The first-order chi connectivity index (χ1) is 14.1. The second-order valence-electron chi connectivity index (χ2n) is 6.33. The number of amides is 1. The molecule has 0 spiro atoms. The van der Waals surface area contributed by atoms with Crippen molar-refractivity contribution in [2.24, 2.45) is 4.99 Å². The quantitative estimate of drug-likeness (QED) is 0.370. The largest absolute Gasteiger partial charge is 0.494 e. The maximum Gasteiger partial charge on any atom is 0.252 e. The summed E-state index contributed by atoms with van der Waals surface area (Å²) in [5.41, 5.74) is 2.01. The van der Waals surface area contributed by atoms with Gasteiger partial charge in [0.05, 0.1) is 29.9 Å². The maximum atomic E-state index is 12.6. The molecule has 0 radical (unpaired) electrons. The standard InChI is InChI=1S/C22H26N2O3S2/c1-4-26-13-12-24-19-11-10-18(28-3)15-20(19)29-22(24)23-21(25)14-16-6-8-17(9-7-16)27-5-2/h6-11,15H,4-5,12-14H2,1-3H3. The van der Waals surface area contributed by atoms with Crippen LogP contribution in [0.1, 0.15) is 19.4 Å². The lowest BCUT2D eigenvalue weighted by Crippen LogP contribution is -2.20. The van der Waals surface area contributed by atoms with Gasteiger partial charge >= 0.3 is 0 Å². The smallest absolute Gasteiger partial charge is 0.252 e. The third kappa shape index (κ3) is 5.72. The number of ether oxygens (including phenoxy) is 2. The van der Waals surface area contributed by atoms with E-state index in [-0.39, 0.29) is 12.3 Å². The van der Waals surface area contributed by atoms with Gasteiger partial charge in [0.1, 0.15) is 5.75 Å². The highest BCUT2D eigenvalue weighted by Crippen LogP contribution is 2.24. The van der Waals surface area contributed by atoms with Crippen molar-refractivity contribution in [1.29, 1.82) is 0 Å². The first-order valence-electron chi connectivity index (χ1n) is 9.69. The zero-order chi connectivity index (χ0) is 20.6. The van der Waals surface area contributed by atoms with Crippen LogP contribution in [0.25, 0.3) is 10.2 Å². The molecule has 1 aromatic heterocycles. The number of thiazole rings is 1. The van der Waals surface area contributed by atoms with Gasteiger partial charge in [-0.15, -0.1) is 11.8 Å². The number of carbonyl (C=O) groups is 1. The average molecular weight is 431 g/mol. The third-order valence-corrected chi connectivity index (χ3v) is 6.13. The van der Waals surface area contributed by atoms with E-state index >= 15 is 0 Å². The van der Waals surface area contributed by atoms with Crippen LogP contribution in [0.3, 0.4) is 0 Å². The number of aromatic nitrogens is 1. The number of hydrogen-bond acceptors (Lipinski definition) is 5. The average Bonchev–Trinajstić information content (AvgIpc) is 3.06. The summed E-state index contributed by atoms with van der Waals surface area (Å²) in [6, 6.07) is 13.9. The number of hydrogen-bond donors (Lipinski definition) is 0. The minimum absolute atomic E-state index is 0.157. The van der Waals surface area contributed by atoms with Gasteiger partial charge in [-0.2, -0.15) is 4.99 Å². The molecule has 2 aromatic carbocycles. The summed E-state index contributed by atoms with van der Waals surface area (Å²) in [6.45, 7) is 6.48. The predicted molar refractivity (Wildman–Crippen MR) is 120 cm³/mol. The van der Waals surface area contributed by atoms with Crippen molar-refractivity contribution < 1.29 is 14.3 Å². The lowest BCUT2D eigenvalue weighted by Gasteiger charge is -2.06. The van der Waals surface area contributed by atoms with Gasteiger partial charge in [-0.3, -0.25) is 4.79 Å². The summed E-state index contributed by atoms with van der Waals surface area (Å²) in [5, 5.41) is 0. The molecule has 0 saturated heterocycles. The van der Waals surface area contributed by atoms with Gasteiger partial charge in [-0.25, -0.2) is 0 Å². The Morgan fingerprint density at radius 1 is 1.14 bits per heavy atom. The number of carbonyl (C=O) groups excluding carboxylic acids is 1. The Kier molecular flexibility index (Phi) is 7.91. The summed E-state index contributed by atoms with van der Waals surface area (Å²) in [5.74, 6) is 0.652. The van der Waals surface area contributed by atoms with Crippen LogP contribution in [0.5, 0.6) is 5.75 Å². The number of rotatable bonds is 9. The summed E-state index contributed by atoms with van der Waals surface area (Å²) in [6.07, 6.45) is 2.33.